The van der Waals surface area contributed by atoms with Gasteiger partial charge in [0.05, 0.1) is 6.04 Å². The van der Waals surface area contributed by atoms with E-state index in [1.807, 2.05) is 24.3 Å². The number of carboxylic acid groups (broad SMARTS) is 1. The Labute approximate surface area is 265 Å². The average molecular weight is 628 g/mol. The van der Waals surface area contributed by atoms with E-state index < -0.39 is 47.9 Å². The third kappa shape index (κ3) is 7.64. The third-order valence-corrected chi connectivity index (χ3v) is 8.27. The SMILES string of the molecule is NC(Cc1ccc(O)cc1)C(=O)NC(Cc1c[nH]c2ccccc12)C(=O)NC(Cc1ccc(O)cc1)C(=O)N1CCCC1C(=O)O. The van der Waals surface area contributed by atoms with E-state index in [-0.39, 0.29) is 37.3 Å². The van der Waals surface area contributed by atoms with Crippen molar-refractivity contribution in [2.75, 3.05) is 6.54 Å². The minimum Gasteiger partial charge on any atom is -0.508 e. The highest BCUT2D eigenvalue weighted by molar-refractivity contribution is 5.95. The second-order valence-corrected chi connectivity index (χ2v) is 11.6. The molecule has 46 heavy (non-hydrogen) atoms. The molecule has 0 spiro atoms. The van der Waals surface area contributed by atoms with Crippen molar-refractivity contribution in [3.63, 3.8) is 0 Å². The number of nitrogens with one attached hydrogen (secondary N) is 3. The zero-order chi connectivity index (χ0) is 32.8. The molecule has 1 saturated heterocycles. The quantitative estimate of drug-likeness (QED) is 0.124. The van der Waals surface area contributed by atoms with Gasteiger partial charge in [0.15, 0.2) is 0 Å². The van der Waals surface area contributed by atoms with Gasteiger partial charge >= 0.3 is 5.97 Å². The number of benzene rings is 3. The second kappa shape index (κ2) is 14.2. The van der Waals surface area contributed by atoms with Crippen LogP contribution >= 0.6 is 0 Å². The number of phenols is 2. The Hall–Kier alpha value is -5.36. The number of hydrogen-bond donors (Lipinski definition) is 7. The maximum Gasteiger partial charge on any atom is 0.326 e. The van der Waals surface area contributed by atoms with Crippen LogP contribution in [0.4, 0.5) is 0 Å². The number of rotatable bonds is 12. The molecule has 1 fully saturated rings. The number of nitrogens with two attached hydrogens (primary N) is 1. The number of carbonyl (C=O) groups is 4. The van der Waals surface area contributed by atoms with Crippen molar-refractivity contribution in [1.82, 2.24) is 20.5 Å². The number of aliphatic carboxylic acids is 1. The molecule has 1 aliphatic rings. The summed E-state index contributed by atoms with van der Waals surface area (Å²) in [4.78, 5) is 57.5. The molecule has 4 aromatic rings. The van der Waals surface area contributed by atoms with Crippen LogP contribution in [0.1, 0.15) is 29.5 Å². The number of carboxylic acids is 1. The first kappa shape index (κ1) is 32.0. The molecule has 0 aliphatic carbocycles. The number of H-pyrrole nitrogens is 1. The van der Waals surface area contributed by atoms with Crippen LogP contribution in [0.25, 0.3) is 10.9 Å². The topological polar surface area (TPSA) is 198 Å². The number of aromatic amines is 1. The predicted octanol–water partition coefficient (Wildman–Crippen LogP) is 1.98. The molecule has 240 valence electrons. The number of likely N-dealkylation sites (tertiary alicyclic amines) is 1. The molecule has 8 N–H and O–H groups in total. The monoisotopic (exact) mass is 627 g/mol. The number of aromatic hydroxyl groups is 2. The van der Waals surface area contributed by atoms with Gasteiger partial charge in [0.1, 0.15) is 29.6 Å². The van der Waals surface area contributed by atoms with Crippen molar-refractivity contribution < 1.29 is 34.5 Å². The summed E-state index contributed by atoms with van der Waals surface area (Å²) in [7, 11) is 0. The molecule has 3 amide bonds. The first-order valence-corrected chi connectivity index (χ1v) is 15.1. The van der Waals surface area contributed by atoms with Crippen LogP contribution < -0.4 is 16.4 Å². The van der Waals surface area contributed by atoms with Gasteiger partial charge in [0.2, 0.25) is 17.7 Å². The van der Waals surface area contributed by atoms with E-state index in [1.165, 1.54) is 29.2 Å². The standard InChI is InChI=1S/C34H37N5O7/c35-26(16-20-7-11-23(40)12-8-20)31(42)37-28(18-22-19-36-27-5-2-1-4-25(22)27)32(43)38-29(17-21-9-13-24(41)14-10-21)33(44)39-15-3-6-30(39)34(45)46/h1-2,4-5,7-14,19,26,28-30,36,40-41H,3,6,15-18,35H2,(H,37,42)(H,38,43)(H,45,46). The summed E-state index contributed by atoms with van der Waals surface area (Å²) in [5, 5.41) is 35.5. The highest BCUT2D eigenvalue weighted by Crippen LogP contribution is 2.22. The van der Waals surface area contributed by atoms with Gasteiger partial charge in [-0.05, 0) is 66.3 Å². The van der Waals surface area contributed by atoms with Crippen molar-refractivity contribution in [1.29, 1.82) is 0 Å². The summed E-state index contributed by atoms with van der Waals surface area (Å²) in [5.74, 6) is -2.78. The zero-order valence-electron chi connectivity index (χ0n) is 25.1. The zero-order valence-corrected chi connectivity index (χ0v) is 25.1. The lowest BCUT2D eigenvalue weighted by atomic mass is 10.0. The fourth-order valence-corrected chi connectivity index (χ4v) is 5.81. The van der Waals surface area contributed by atoms with E-state index >= 15 is 0 Å². The first-order chi connectivity index (χ1) is 22.1. The van der Waals surface area contributed by atoms with Gasteiger partial charge in [0.25, 0.3) is 0 Å². The molecule has 4 atom stereocenters. The average Bonchev–Trinajstić information content (AvgIpc) is 3.70. The van der Waals surface area contributed by atoms with Crippen LogP contribution in [-0.2, 0) is 38.4 Å². The number of aromatic nitrogens is 1. The Kier molecular flexibility index (Phi) is 9.87. The Morgan fingerprint density at radius 2 is 1.43 bits per heavy atom. The molecular formula is C34H37N5O7. The molecule has 1 aliphatic heterocycles. The minimum atomic E-state index is -1.15. The summed E-state index contributed by atoms with van der Waals surface area (Å²) in [6, 6.07) is 15.7. The van der Waals surface area contributed by atoms with Crippen molar-refractivity contribution >= 4 is 34.6 Å². The summed E-state index contributed by atoms with van der Waals surface area (Å²) < 4.78 is 0. The lowest BCUT2D eigenvalue weighted by Crippen LogP contribution is -2.58. The third-order valence-electron chi connectivity index (χ3n) is 8.27. The van der Waals surface area contributed by atoms with Gasteiger partial charge in [0, 0.05) is 36.5 Å². The molecule has 0 saturated carbocycles. The van der Waals surface area contributed by atoms with Crippen molar-refractivity contribution in [2.45, 2.75) is 56.3 Å². The summed E-state index contributed by atoms with van der Waals surface area (Å²) >= 11 is 0. The number of para-hydroxylation sites is 1. The maximum atomic E-state index is 14.0. The number of fused-ring (bicyclic) bond motifs is 1. The van der Waals surface area contributed by atoms with Gasteiger partial charge in [-0.3, -0.25) is 14.4 Å². The summed E-state index contributed by atoms with van der Waals surface area (Å²) in [6.07, 6.45) is 2.84. The molecular weight excluding hydrogens is 590 g/mol. The molecule has 12 heteroatoms. The van der Waals surface area contributed by atoms with Crippen LogP contribution in [0.15, 0.2) is 79.0 Å². The highest BCUT2D eigenvalue weighted by Gasteiger charge is 2.38. The van der Waals surface area contributed by atoms with E-state index in [4.69, 9.17) is 5.73 Å². The number of amides is 3. The molecule has 0 bridgehead atoms. The molecule has 1 aromatic heterocycles. The van der Waals surface area contributed by atoms with Crippen LogP contribution in [0.3, 0.4) is 0 Å². The number of hydrogen-bond acceptors (Lipinski definition) is 7. The highest BCUT2D eigenvalue weighted by atomic mass is 16.4. The largest absolute Gasteiger partial charge is 0.508 e. The molecule has 0 radical (unpaired) electrons. The van der Waals surface area contributed by atoms with Gasteiger partial charge in [-0.25, -0.2) is 4.79 Å². The Balaban J connectivity index is 1.40. The van der Waals surface area contributed by atoms with Gasteiger partial charge in [-0.2, -0.15) is 0 Å². The maximum absolute atomic E-state index is 14.0. The minimum absolute atomic E-state index is 0.0296. The smallest absolute Gasteiger partial charge is 0.326 e. The van der Waals surface area contributed by atoms with E-state index in [0.717, 1.165) is 22.0 Å². The Bertz CT molecular complexity index is 1700. The van der Waals surface area contributed by atoms with Crippen molar-refractivity contribution in [2.24, 2.45) is 5.73 Å². The normalized spacial score (nSPS) is 16.5. The molecule has 3 aromatic carbocycles. The van der Waals surface area contributed by atoms with E-state index in [9.17, 15) is 34.5 Å². The van der Waals surface area contributed by atoms with Crippen LogP contribution in [0.5, 0.6) is 11.5 Å². The lowest BCUT2D eigenvalue weighted by molar-refractivity contribution is -0.149. The summed E-state index contributed by atoms with van der Waals surface area (Å²) in [6.45, 7) is 0.235. The number of nitrogens with zero attached hydrogens (tertiary/aromatic N) is 1. The van der Waals surface area contributed by atoms with Crippen molar-refractivity contribution in [3.8, 4) is 11.5 Å². The second-order valence-electron chi connectivity index (χ2n) is 11.6. The molecule has 2 heterocycles. The van der Waals surface area contributed by atoms with E-state index in [1.54, 1.807) is 30.5 Å². The number of phenolic OH excluding ortho intramolecular Hbond substituents is 2. The van der Waals surface area contributed by atoms with Crippen molar-refractivity contribution in [3.05, 3.63) is 95.7 Å². The van der Waals surface area contributed by atoms with Crippen LogP contribution in [-0.4, -0.2) is 79.6 Å². The van der Waals surface area contributed by atoms with E-state index in [0.29, 0.717) is 18.4 Å². The van der Waals surface area contributed by atoms with Crippen LogP contribution in [0, 0.1) is 0 Å². The number of carbonyl (C=O) groups excluding carboxylic acids is 3. The van der Waals surface area contributed by atoms with Gasteiger partial charge in [-0.15, -0.1) is 0 Å². The predicted molar refractivity (Wildman–Crippen MR) is 170 cm³/mol. The first-order valence-electron chi connectivity index (χ1n) is 15.1. The van der Waals surface area contributed by atoms with Gasteiger partial charge in [-0.1, -0.05) is 42.5 Å². The summed E-state index contributed by atoms with van der Waals surface area (Å²) in [5.41, 5.74) is 9.20. The molecule has 4 unspecified atom stereocenters. The lowest BCUT2D eigenvalue weighted by Gasteiger charge is -2.29. The fraction of sp³-hybridized carbons (Fsp3) is 0.294. The Morgan fingerprint density at radius 1 is 0.826 bits per heavy atom. The molecule has 12 nitrogen and oxygen atoms in total. The fourth-order valence-electron chi connectivity index (χ4n) is 5.81. The van der Waals surface area contributed by atoms with Gasteiger partial charge < -0.3 is 41.6 Å². The Morgan fingerprint density at radius 3 is 2.09 bits per heavy atom. The molecule has 5 rings (SSSR count). The van der Waals surface area contributed by atoms with E-state index in [2.05, 4.69) is 15.6 Å². The van der Waals surface area contributed by atoms with Crippen LogP contribution in [0.2, 0.25) is 0 Å².